The smallest absolute Gasteiger partial charge is 0.331 e. The molecule has 2 aliphatic heterocycles. The Bertz CT molecular complexity index is 828. The van der Waals surface area contributed by atoms with Crippen molar-refractivity contribution in [3.8, 4) is 0 Å². The van der Waals surface area contributed by atoms with E-state index in [4.69, 9.17) is 4.74 Å². The minimum atomic E-state index is -0.547. The summed E-state index contributed by atoms with van der Waals surface area (Å²) < 4.78 is 5.26. The number of fused-ring (bicyclic) bond motifs is 2. The van der Waals surface area contributed by atoms with E-state index in [1.807, 2.05) is 26.8 Å². The van der Waals surface area contributed by atoms with Gasteiger partial charge in [0.25, 0.3) is 0 Å². The highest BCUT2D eigenvalue weighted by Crippen LogP contribution is 2.25. The van der Waals surface area contributed by atoms with E-state index in [1.165, 1.54) is 13.0 Å². The maximum atomic E-state index is 12.6. The number of esters is 1. The molecule has 1 aromatic rings. The molecule has 1 fully saturated rings. The number of aromatic nitrogens is 1. The third-order valence-electron chi connectivity index (χ3n) is 4.66. The van der Waals surface area contributed by atoms with Crippen molar-refractivity contribution in [1.29, 1.82) is 0 Å². The van der Waals surface area contributed by atoms with Crippen LogP contribution in [0.15, 0.2) is 18.3 Å². The Morgan fingerprint density at radius 2 is 2.07 bits per heavy atom. The molecule has 28 heavy (non-hydrogen) atoms. The van der Waals surface area contributed by atoms with Crippen molar-refractivity contribution in [2.75, 3.05) is 25.0 Å². The van der Waals surface area contributed by atoms with Crippen LogP contribution in [0.2, 0.25) is 0 Å². The van der Waals surface area contributed by atoms with Crippen LogP contribution in [-0.2, 0) is 25.7 Å². The third kappa shape index (κ3) is 4.75. The van der Waals surface area contributed by atoms with Crippen LogP contribution in [0.25, 0.3) is 6.08 Å². The summed E-state index contributed by atoms with van der Waals surface area (Å²) in [7, 11) is 0. The van der Waals surface area contributed by atoms with Crippen molar-refractivity contribution in [2.45, 2.75) is 45.9 Å². The maximum absolute atomic E-state index is 12.6. The zero-order valence-corrected chi connectivity index (χ0v) is 16.7. The molecule has 2 aliphatic rings. The summed E-state index contributed by atoms with van der Waals surface area (Å²) in [5, 5.41) is 2.86. The number of nitrogens with zero attached hydrogens (tertiary/aromatic N) is 3. The molecule has 2 amide bonds. The van der Waals surface area contributed by atoms with Gasteiger partial charge in [0.1, 0.15) is 17.5 Å². The Hall–Kier alpha value is -2.74. The normalized spacial score (nSPS) is 20.2. The van der Waals surface area contributed by atoms with E-state index in [2.05, 4.69) is 15.2 Å². The fourth-order valence-electron chi connectivity index (χ4n) is 3.32. The van der Waals surface area contributed by atoms with E-state index in [9.17, 15) is 14.4 Å². The van der Waals surface area contributed by atoms with E-state index in [1.54, 1.807) is 17.2 Å². The molecule has 0 spiro atoms. The third-order valence-corrected chi connectivity index (χ3v) is 4.66. The van der Waals surface area contributed by atoms with Crippen LogP contribution >= 0.6 is 0 Å². The Labute approximate surface area is 164 Å². The number of piperazine rings is 1. The van der Waals surface area contributed by atoms with Crippen LogP contribution in [0.1, 0.15) is 38.8 Å². The van der Waals surface area contributed by atoms with Gasteiger partial charge >= 0.3 is 5.97 Å². The van der Waals surface area contributed by atoms with Crippen LogP contribution in [0.3, 0.4) is 0 Å². The average Bonchev–Trinajstić information content (AvgIpc) is 2.73. The summed E-state index contributed by atoms with van der Waals surface area (Å²) >= 11 is 0. The number of anilines is 1. The fraction of sp³-hybridized carbons (Fsp3) is 0.500. The van der Waals surface area contributed by atoms with Crippen molar-refractivity contribution >= 4 is 29.7 Å². The van der Waals surface area contributed by atoms with Crippen molar-refractivity contribution in [3.05, 3.63) is 29.5 Å². The number of nitrogens with one attached hydrogen (secondary N) is 1. The van der Waals surface area contributed by atoms with Gasteiger partial charge in [0.05, 0.1) is 0 Å². The average molecular weight is 386 g/mol. The first-order valence-electron chi connectivity index (χ1n) is 9.33. The summed E-state index contributed by atoms with van der Waals surface area (Å²) in [6.45, 7) is 9.10. The van der Waals surface area contributed by atoms with Crippen LogP contribution in [0, 0.1) is 0 Å². The first kappa shape index (κ1) is 20.0. The summed E-state index contributed by atoms with van der Waals surface area (Å²) in [5.41, 5.74) is 1.08. The lowest BCUT2D eigenvalue weighted by Gasteiger charge is -2.38. The highest BCUT2D eigenvalue weighted by atomic mass is 16.6. The molecule has 1 atom stereocenters. The largest absolute Gasteiger partial charge is 0.457 e. The van der Waals surface area contributed by atoms with Crippen molar-refractivity contribution in [3.63, 3.8) is 0 Å². The van der Waals surface area contributed by atoms with Crippen LogP contribution in [-0.4, -0.2) is 63.8 Å². The second kappa shape index (κ2) is 7.71. The molecule has 0 saturated carbocycles. The molecule has 8 heteroatoms. The van der Waals surface area contributed by atoms with Gasteiger partial charge in [-0.05, 0) is 38.5 Å². The molecule has 0 bridgehead atoms. The number of rotatable bonds is 2. The van der Waals surface area contributed by atoms with E-state index in [0.29, 0.717) is 32.0 Å². The lowest BCUT2D eigenvalue weighted by molar-refractivity contribution is -0.148. The zero-order chi connectivity index (χ0) is 20.5. The van der Waals surface area contributed by atoms with Gasteiger partial charge < -0.3 is 15.0 Å². The van der Waals surface area contributed by atoms with Gasteiger partial charge in [-0.25, -0.2) is 9.78 Å². The molecule has 1 N–H and O–H groups in total. The monoisotopic (exact) mass is 386 g/mol. The Kier molecular flexibility index (Phi) is 5.51. The van der Waals surface area contributed by atoms with E-state index in [0.717, 1.165) is 11.1 Å². The molecule has 0 radical (unpaired) electrons. The van der Waals surface area contributed by atoms with Crippen LogP contribution in [0.5, 0.6) is 0 Å². The van der Waals surface area contributed by atoms with Crippen molar-refractivity contribution in [2.24, 2.45) is 0 Å². The molecule has 3 heterocycles. The number of amides is 2. The standard InChI is InChI=1S/C20H26N4O4/c1-13(25)23-7-8-24-11-15-9-14(5-6-17(26)28-20(2,3)4)10-21-18(15)22-19(27)16(24)12-23/h5-6,9-10,16H,7-8,11-12H2,1-4H3,(H,21,22,27)/b6-5+. The lowest BCUT2D eigenvalue weighted by Crippen LogP contribution is -2.57. The fourth-order valence-corrected chi connectivity index (χ4v) is 3.32. The topological polar surface area (TPSA) is 91.8 Å². The second-order valence-electron chi connectivity index (χ2n) is 8.08. The highest BCUT2D eigenvalue weighted by Gasteiger charge is 2.36. The predicted molar refractivity (Wildman–Crippen MR) is 104 cm³/mol. The molecule has 3 rings (SSSR count). The minimum Gasteiger partial charge on any atom is -0.457 e. The van der Waals surface area contributed by atoms with Crippen LogP contribution < -0.4 is 5.32 Å². The Morgan fingerprint density at radius 3 is 2.75 bits per heavy atom. The zero-order valence-electron chi connectivity index (χ0n) is 16.7. The van der Waals surface area contributed by atoms with Gasteiger partial charge in [-0.1, -0.05) is 0 Å². The Morgan fingerprint density at radius 1 is 1.32 bits per heavy atom. The number of pyridine rings is 1. The number of carbonyl (C=O) groups excluding carboxylic acids is 3. The van der Waals surface area contributed by atoms with Gasteiger partial charge in [0.2, 0.25) is 11.8 Å². The van der Waals surface area contributed by atoms with Gasteiger partial charge in [-0.15, -0.1) is 0 Å². The lowest BCUT2D eigenvalue weighted by atomic mass is 10.1. The highest BCUT2D eigenvalue weighted by molar-refractivity contribution is 5.96. The quantitative estimate of drug-likeness (QED) is 0.611. The molecule has 1 unspecified atom stereocenters. The van der Waals surface area contributed by atoms with E-state index in [-0.39, 0.29) is 11.8 Å². The van der Waals surface area contributed by atoms with Gasteiger partial charge in [-0.3, -0.25) is 14.5 Å². The molecular weight excluding hydrogens is 360 g/mol. The maximum Gasteiger partial charge on any atom is 0.331 e. The van der Waals surface area contributed by atoms with E-state index >= 15 is 0 Å². The summed E-state index contributed by atoms with van der Waals surface area (Å²) in [6, 6.07) is 1.51. The number of carbonyl (C=O) groups is 3. The summed E-state index contributed by atoms with van der Waals surface area (Å²) in [6.07, 6.45) is 4.63. The molecule has 1 aromatic heterocycles. The number of hydrogen-bond acceptors (Lipinski definition) is 6. The predicted octanol–water partition coefficient (Wildman–Crippen LogP) is 1.42. The second-order valence-corrected chi connectivity index (χ2v) is 8.08. The molecule has 150 valence electrons. The SMILES string of the molecule is CC(=O)N1CCN2Cc3cc(/C=C/C(=O)OC(C)(C)C)cnc3NC(=O)C2C1. The minimum absolute atomic E-state index is 0.0260. The molecule has 8 nitrogen and oxygen atoms in total. The summed E-state index contributed by atoms with van der Waals surface area (Å²) in [4.78, 5) is 44.2. The molecule has 0 aromatic carbocycles. The molecule has 0 aliphatic carbocycles. The first-order chi connectivity index (χ1) is 13.1. The van der Waals surface area contributed by atoms with Crippen molar-refractivity contribution in [1.82, 2.24) is 14.8 Å². The van der Waals surface area contributed by atoms with Crippen molar-refractivity contribution < 1.29 is 19.1 Å². The van der Waals surface area contributed by atoms with Gasteiger partial charge in [0, 0.05) is 50.9 Å². The Balaban J connectivity index is 1.76. The number of ether oxygens (including phenoxy) is 1. The van der Waals surface area contributed by atoms with Crippen LogP contribution in [0.4, 0.5) is 5.82 Å². The molecule has 1 saturated heterocycles. The van der Waals surface area contributed by atoms with E-state index < -0.39 is 17.6 Å². The summed E-state index contributed by atoms with van der Waals surface area (Å²) in [5.74, 6) is -0.0875. The van der Waals surface area contributed by atoms with Gasteiger partial charge in [0.15, 0.2) is 0 Å². The molecular formula is C20H26N4O4. The van der Waals surface area contributed by atoms with Gasteiger partial charge in [-0.2, -0.15) is 0 Å². The first-order valence-corrected chi connectivity index (χ1v) is 9.33. The number of hydrogen-bond donors (Lipinski definition) is 1.